The summed E-state index contributed by atoms with van der Waals surface area (Å²) in [4.78, 5) is 11.2. The number of ether oxygens (including phenoxy) is 3. The molecule has 2 aliphatic rings. The van der Waals surface area contributed by atoms with Crippen molar-refractivity contribution in [1.82, 2.24) is 20.2 Å². The van der Waals surface area contributed by atoms with E-state index in [2.05, 4.69) is 20.2 Å². The van der Waals surface area contributed by atoms with Crippen LogP contribution in [0.4, 0.5) is 0 Å². The number of methoxy groups -OCH3 is 1. The molecule has 2 N–H and O–H groups in total. The van der Waals surface area contributed by atoms with Gasteiger partial charge >= 0.3 is 0 Å². The summed E-state index contributed by atoms with van der Waals surface area (Å²) in [5.74, 6) is 2.20. The van der Waals surface area contributed by atoms with Gasteiger partial charge in [-0.25, -0.2) is 0 Å². The number of likely N-dealkylation sites (tertiary alicyclic amines) is 1. The normalized spacial score (nSPS) is 20.4. The molecule has 1 fully saturated rings. The number of aromatic nitrogens is 2. The second-order valence-electron chi connectivity index (χ2n) is 8.68. The molecule has 9 heteroatoms. The number of halogens is 1. The predicted octanol–water partition coefficient (Wildman–Crippen LogP) is 2.83. The van der Waals surface area contributed by atoms with Crippen LogP contribution in [0.25, 0.3) is 10.9 Å². The van der Waals surface area contributed by atoms with E-state index in [1.807, 2.05) is 24.3 Å². The Balaban J connectivity index is 1.16. The molecule has 2 unspecified atom stereocenters. The van der Waals surface area contributed by atoms with Gasteiger partial charge in [0.25, 0.3) is 0 Å². The molecule has 180 valence electrons. The Kier molecular flexibility index (Phi) is 7.01. The molecule has 0 amide bonds. The Labute approximate surface area is 203 Å². The van der Waals surface area contributed by atoms with Crippen molar-refractivity contribution in [2.24, 2.45) is 0 Å². The van der Waals surface area contributed by atoms with Crippen LogP contribution in [0.5, 0.6) is 17.2 Å². The molecule has 3 aromatic rings. The highest BCUT2D eigenvalue weighted by molar-refractivity contribution is 6.32. The summed E-state index contributed by atoms with van der Waals surface area (Å²) in [6, 6.07) is 7.76. The molecule has 5 rings (SSSR count). The molecule has 0 spiro atoms. The third kappa shape index (κ3) is 5.05. The fourth-order valence-corrected chi connectivity index (χ4v) is 4.86. The topological polar surface area (TPSA) is 89.0 Å². The molecule has 4 heterocycles. The van der Waals surface area contributed by atoms with Crippen LogP contribution in [-0.4, -0.2) is 72.1 Å². The summed E-state index contributed by atoms with van der Waals surface area (Å²) in [7, 11) is 1.66. The van der Waals surface area contributed by atoms with Gasteiger partial charge in [-0.2, -0.15) is 0 Å². The maximum absolute atomic E-state index is 10.8. The molecule has 34 heavy (non-hydrogen) atoms. The van der Waals surface area contributed by atoms with E-state index in [0.717, 1.165) is 59.6 Å². The van der Waals surface area contributed by atoms with Crippen molar-refractivity contribution >= 4 is 22.5 Å². The van der Waals surface area contributed by atoms with Crippen molar-refractivity contribution in [2.75, 3.05) is 40.0 Å². The zero-order valence-electron chi connectivity index (χ0n) is 19.2. The van der Waals surface area contributed by atoms with E-state index in [9.17, 15) is 5.11 Å². The molecular weight excluding hydrogens is 456 g/mol. The second kappa shape index (κ2) is 10.3. The predicted molar refractivity (Wildman–Crippen MR) is 130 cm³/mol. The van der Waals surface area contributed by atoms with Gasteiger partial charge in [-0.05, 0) is 43.1 Å². The van der Waals surface area contributed by atoms with Crippen LogP contribution in [0.1, 0.15) is 17.7 Å². The average molecular weight is 485 g/mol. The van der Waals surface area contributed by atoms with Crippen LogP contribution in [0.3, 0.4) is 0 Å². The van der Waals surface area contributed by atoms with Crippen molar-refractivity contribution in [3.8, 4) is 17.2 Å². The van der Waals surface area contributed by atoms with Crippen LogP contribution in [-0.2, 0) is 13.0 Å². The van der Waals surface area contributed by atoms with Gasteiger partial charge in [0.1, 0.15) is 19.0 Å². The van der Waals surface area contributed by atoms with E-state index in [-0.39, 0.29) is 6.04 Å². The van der Waals surface area contributed by atoms with Crippen LogP contribution in [0, 0.1) is 0 Å². The largest absolute Gasteiger partial charge is 0.497 e. The molecule has 2 aromatic heterocycles. The van der Waals surface area contributed by atoms with Crippen molar-refractivity contribution in [3.05, 3.63) is 52.9 Å². The highest BCUT2D eigenvalue weighted by Gasteiger charge is 2.27. The van der Waals surface area contributed by atoms with E-state index in [1.165, 1.54) is 0 Å². The summed E-state index contributed by atoms with van der Waals surface area (Å²) in [5, 5.41) is 15.9. The Morgan fingerprint density at radius 1 is 1.18 bits per heavy atom. The lowest BCUT2D eigenvalue weighted by molar-refractivity contribution is 0.0403. The molecule has 0 bridgehead atoms. The van der Waals surface area contributed by atoms with E-state index in [0.29, 0.717) is 37.1 Å². The van der Waals surface area contributed by atoms with E-state index >= 15 is 0 Å². The monoisotopic (exact) mass is 484 g/mol. The van der Waals surface area contributed by atoms with Crippen LogP contribution in [0.2, 0.25) is 5.02 Å². The van der Waals surface area contributed by atoms with Gasteiger partial charge < -0.3 is 29.5 Å². The first-order chi connectivity index (χ1) is 16.6. The SMILES string of the molecule is COc1ccc2ncc(Cl)c(CCN3CCC(NCc4cc5c(cn4)OCCO5)C(O)C3)c2c1. The number of nitrogens with zero attached hydrogens (tertiary/aromatic N) is 3. The number of aliphatic hydroxyl groups is 1. The average Bonchev–Trinajstić information content (AvgIpc) is 2.87. The summed E-state index contributed by atoms with van der Waals surface area (Å²) >= 11 is 6.51. The summed E-state index contributed by atoms with van der Waals surface area (Å²) in [6.07, 6.45) is 4.58. The Bertz CT molecular complexity index is 1160. The first-order valence-corrected chi connectivity index (χ1v) is 12.0. The number of β-amino-alcohol motifs (C(OH)–C–C–N with tert-alkyl or cyclic N) is 1. The molecule has 2 atom stereocenters. The minimum Gasteiger partial charge on any atom is -0.497 e. The first-order valence-electron chi connectivity index (χ1n) is 11.6. The minimum absolute atomic E-state index is 0.0147. The number of fused-ring (bicyclic) bond motifs is 2. The van der Waals surface area contributed by atoms with Gasteiger partial charge in [-0.1, -0.05) is 11.6 Å². The fraction of sp³-hybridized carbons (Fsp3) is 0.440. The van der Waals surface area contributed by atoms with Crippen LogP contribution < -0.4 is 19.5 Å². The lowest BCUT2D eigenvalue weighted by atomic mass is 10.00. The smallest absolute Gasteiger partial charge is 0.179 e. The third-order valence-electron chi connectivity index (χ3n) is 6.51. The zero-order valence-corrected chi connectivity index (χ0v) is 19.9. The summed E-state index contributed by atoms with van der Waals surface area (Å²) in [6.45, 7) is 3.98. The lowest BCUT2D eigenvalue weighted by Gasteiger charge is -2.36. The van der Waals surface area contributed by atoms with Gasteiger partial charge in [0.05, 0.1) is 35.6 Å². The second-order valence-corrected chi connectivity index (χ2v) is 9.09. The highest BCUT2D eigenvalue weighted by atomic mass is 35.5. The zero-order chi connectivity index (χ0) is 23.5. The molecule has 2 aliphatic heterocycles. The molecule has 0 aliphatic carbocycles. The van der Waals surface area contributed by atoms with E-state index in [1.54, 1.807) is 19.5 Å². The Morgan fingerprint density at radius 2 is 2.03 bits per heavy atom. The van der Waals surface area contributed by atoms with Crippen molar-refractivity contribution in [2.45, 2.75) is 31.5 Å². The van der Waals surface area contributed by atoms with Crippen molar-refractivity contribution in [3.63, 3.8) is 0 Å². The first kappa shape index (κ1) is 23.1. The van der Waals surface area contributed by atoms with Gasteiger partial charge in [-0.3, -0.25) is 9.97 Å². The quantitative estimate of drug-likeness (QED) is 0.529. The molecule has 0 radical (unpaired) electrons. The van der Waals surface area contributed by atoms with Gasteiger partial charge in [0.15, 0.2) is 11.5 Å². The van der Waals surface area contributed by atoms with E-state index in [4.69, 9.17) is 25.8 Å². The molecule has 0 saturated carbocycles. The van der Waals surface area contributed by atoms with Crippen LogP contribution >= 0.6 is 11.6 Å². The number of pyridine rings is 2. The number of aliphatic hydroxyl groups excluding tert-OH is 1. The van der Waals surface area contributed by atoms with Gasteiger partial charge in [0.2, 0.25) is 0 Å². The fourth-order valence-electron chi connectivity index (χ4n) is 4.61. The van der Waals surface area contributed by atoms with Crippen molar-refractivity contribution < 1.29 is 19.3 Å². The van der Waals surface area contributed by atoms with E-state index < -0.39 is 6.10 Å². The lowest BCUT2D eigenvalue weighted by Crippen LogP contribution is -2.52. The standard InChI is InChI=1S/C25H29ClN4O4/c1-32-17-2-3-21-19(11-17)18(20(26)13-29-21)4-6-30-7-5-22(23(31)15-30)28-12-16-10-24-25(14-27-16)34-9-8-33-24/h2-3,10-11,13-14,22-23,28,31H,4-9,12,15H2,1H3. The van der Waals surface area contributed by atoms with Crippen molar-refractivity contribution in [1.29, 1.82) is 0 Å². The highest BCUT2D eigenvalue weighted by Crippen LogP contribution is 2.30. The Morgan fingerprint density at radius 3 is 2.85 bits per heavy atom. The molecule has 1 aromatic carbocycles. The van der Waals surface area contributed by atoms with Crippen LogP contribution in [0.15, 0.2) is 36.7 Å². The third-order valence-corrected chi connectivity index (χ3v) is 6.84. The number of nitrogens with one attached hydrogen (secondary N) is 1. The van der Waals surface area contributed by atoms with Gasteiger partial charge in [0, 0.05) is 43.3 Å². The molecule has 8 nitrogen and oxygen atoms in total. The maximum atomic E-state index is 10.8. The number of piperidine rings is 1. The van der Waals surface area contributed by atoms with Gasteiger partial charge in [-0.15, -0.1) is 0 Å². The molecular formula is C25H29ClN4O4. The number of benzene rings is 1. The minimum atomic E-state index is -0.462. The number of hydrogen-bond acceptors (Lipinski definition) is 8. The number of hydrogen-bond donors (Lipinski definition) is 2. The Hall–Kier alpha value is -2.65. The summed E-state index contributed by atoms with van der Waals surface area (Å²) < 4.78 is 16.5. The maximum Gasteiger partial charge on any atom is 0.179 e. The number of rotatable bonds is 7. The summed E-state index contributed by atoms with van der Waals surface area (Å²) in [5.41, 5.74) is 2.83. The molecule has 1 saturated heterocycles.